The number of aromatic amines is 1. The van der Waals surface area contributed by atoms with Crippen LogP contribution in [-0.4, -0.2) is 55.3 Å². The molecule has 0 unspecified atom stereocenters. The molecule has 128 valence electrons. The summed E-state index contributed by atoms with van der Waals surface area (Å²) in [6, 6.07) is 3.62. The zero-order valence-corrected chi connectivity index (χ0v) is 14.8. The summed E-state index contributed by atoms with van der Waals surface area (Å²) in [6.07, 6.45) is 2.79. The predicted molar refractivity (Wildman–Crippen MR) is 94.8 cm³/mol. The van der Waals surface area contributed by atoms with Gasteiger partial charge in [-0.15, -0.1) is 0 Å². The van der Waals surface area contributed by atoms with Crippen molar-refractivity contribution in [3.8, 4) is 5.75 Å². The second kappa shape index (κ2) is 8.33. The number of aromatic nitrogens is 2. The summed E-state index contributed by atoms with van der Waals surface area (Å²) < 4.78 is 0. The summed E-state index contributed by atoms with van der Waals surface area (Å²) >= 11 is 0. The van der Waals surface area contributed by atoms with Gasteiger partial charge in [0.15, 0.2) is 0 Å². The average Bonchev–Trinajstić information content (AvgIpc) is 2.85. The first-order valence-corrected chi connectivity index (χ1v) is 7.95. The Labute approximate surface area is 138 Å². The van der Waals surface area contributed by atoms with Crippen molar-refractivity contribution in [1.82, 2.24) is 14.9 Å². The van der Waals surface area contributed by atoms with E-state index in [0.717, 1.165) is 0 Å². The number of nitrogens with one attached hydrogen (secondary N) is 1. The Morgan fingerprint density at radius 1 is 1.04 bits per heavy atom. The molecule has 0 atom stereocenters. The Morgan fingerprint density at radius 2 is 1.57 bits per heavy atom. The first-order chi connectivity index (χ1) is 10.7. The van der Waals surface area contributed by atoms with Crippen molar-refractivity contribution in [3.63, 3.8) is 0 Å². The van der Waals surface area contributed by atoms with Gasteiger partial charge in [0.25, 0.3) is 0 Å². The molecule has 0 aliphatic rings. The summed E-state index contributed by atoms with van der Waals surface area (Å²) in [4.78, 5) is 9.15. The summed E-state index contributed by atoms with van der Waals surface area (Å²) in [5.41, 5.74) is 0.590. The first kappa shape index (κ1) is 19.5. The summed E-state index contributed by atoms with van der Waals surface area (Å²) in [6.45, 7) is 13.5. The van der Waals surface area contributed by atoms with E-state index in [2.05, 4.69) is 56.4 Å². The third kappa shape index (κ3) is 4.96. The monoisotopic (exact) mass is 321 g/mol. The van der Waals surface area contributed by atoms with Crippen LogP contribution < -0.4 is 5.46 Å². The van der Waals surface area contributed by atoms with Crippen molar-refractivity contribution in [1.29, 1.82) is 0 Å². The molecule has 2 rings (SSSR count). The smallest absolute Gasteiger partial charge is 0.493 e. The van der Waals surface area contributed by atoms with E-state index >= 15 is 0 Å². The van der Waals surface area contributed by atoms with E-state index in [1.165, 1.54) is 6.20 Å². The lowest BCUT2D eigenvalue weighted by molar-refractivity contribution is 0.133. The molecular formula is C16H28BN3O3. The van der Waals surface area contributed by atoms with Crippen molar-refractivity contribution in [2.45, 2.75) is 59.7 Å². The standard InChI is InChI=1S/C9H21N.C7H7BN2O3/c1-7(2)10(8(3)4)9(5)6;11-5-3-10-7-4(1-2-9-7)6(5)8(12)13/h7-9H,1-6H3;1-3,11-13H,(H,9,10). The van der Waals surface area contributed by atoms with Crippen LogP contribution in [0.15, 0.2) is 18.5 Å². The number of hydrogen-bond donors (Lipinski definition) is 4. The Bertz CT molecular complexity index is 593. The topological polar surface area (TPSA) is 92.6 Å². The largest absolute Gasteiger partial charge is 0.507 e. The molecule has 2 aromatic rings. The van der Waals surface area contributed by atoms with Crippen molar-refractivity contribution >= 4 is 23.6 Å². The molecule has 0 saturated heterocycles. The van der Waals surface area contributed by atoms with E-state index in [1.807, 2.05) is 0 Å². The van der Waals surface area contributed by atoms with Crippen LogP contribution in [0.4, 0.5) is 0 Å². The fourth-order valence-electron chi connectivity index (χ4n) is 3.08. The number of nitrogens with zero attached hydrogens (tertiary/aromatic N) is 2. The fraction of sp³-hybridized carbons (Fsp3) is 0.562. The van der Waals surface area contributed by atoms with Gasteiger partial charge in [0.05, 0.1) is 6.20 Å². The van der Waals surface area contributed by atoms with E-state index in [1.54, 1.807) is 12.3 Å². The van der Waals surface area contributed by atoms with Gasteiger partial charge in [0.2, 0.25) is 0 Å². The molecular weight excluding hydrogens is 293 g/mol. The summed E-state index contributed by atoms with van der Waals surface area (Å²) in [5, 5.41) is 27.8. The molecule has 0 bridgehead atoms. The molecule has 0 fully saturated rings. The molecule has 0 amide bonds. The van der Waals surface area contributed by atoms with Gasteiger partial charge in [0, 0.05) is 35.2 Å². The molecule has 7 heteroatoms. The predicted octanol–water partition coefficient (Wildman–Crippen LogP) is 1.46. The molecule has 4 N–H and O–H groups in total. The van der Waals surface area contributed by atoms with Crippen LogP contribution in [-0.2, 0) is 0 Å². The highest BCUT2D eigenvalue weighted by molar-refractivity contribution is 6.63. The van der Waals surface area contributed by atoms with Crippen LogP contribution in [0.3, 0.4) is 0 Å². The summed E-state index contributed by atoms with van der Waals surface area (Å²) in [7, 11) is -1.69. The molecule has 2 aromatic heterocycles. The number of rotatable bonds is 4. The number of pyridine rings is 1. The first-order valence-electron chi connectivity index (χ1n) is 7.95. The van der Waals surface area contributed by atoms with Crippen molar-refractivity contribution in [3.05, 3.63) is 18.5 Å². The molecule has 0 aliphatic carbocycles. The minimum Gasteiger partial charge on any atom is -0.507 e. The maximum atomic E-state index is 9.30. The number of aromatic hydroxyl groups is 1. The van der Waals surface area contributed by atoms with Crippen LogP contribution in [0.5, 0.6) is 5.75 Å². The molecule has 0 aromatic carbocycles. The number of fused-ring (bicyclic) bond motifs is 1. The quantitative estimate of drug-likeness (QED) is 0.640. The normalized spacial score (nSPS) is 11.5. The molecule has 2 heterocycles. The van der Waals surface area contributed by atoms with Gasteiger partial charge in [-0.1, -0.05) is 0 Å². The highest BCUT2D eigenvalue weighted by Crippen LogP contribution is 2.13. The number of hydrogen-bond acceptors (Lipinski definition) is 5. The van der Waals surface area contributed by atoms with Gasteiger partial charge in [-0.25, -0.2) is 4.98 Å². The highest BCUT2D eigenvalue weighted by atomic mass is 16.4. The molecule has 0 radical (unpaired) electrons. The zero-order valence-electron chi connectivity index (χ0n) is 14.8. The van der Waals surface area contributed by atoms with Gasteiger partial charge in [-0.2, -0.15) is 0 Å². The van der Waals surface area contributed by atoms with Crippen LogP contribution in [0.25, 0.3) is 11.0 Å². The maximum Gasteiger partial charge on any atom is 0.493 e. The zero-order chi connectivity index (χ0) is 17.7. The van der Waals surface area contributed by atoms with E-state index in [0.29, 0.717) is 29.2 Å². The van der Waals surface area contributed by atoms with Gasteiger partial charge in [-0.05, 0) is 47.6 Å². The lowest BCUT2D eigenvalue weighted by Gasteiger charge is -2.34. The van der Waals surface area contributed by atoms with E-state index in [9.17, 15) is 5.11 Å². The van der Waals surface area contributed by atoms with Gasteiger partial charge in [-0.3, -0.25) is 4.90 Å². The van der Waals surface area contributed by atoms with Crippen LogP contribution >= 0.6 is 0 Å². The Balaban J connectivity index is 0.000000241. The van der Waals surface area contributed by atoms with Gasteiger partial charge < -0.3 is 20.1 Å². The number of H-pyrrole nitrogens is 1. The third-order valence-corrected chi connectivity index (χ3v) is 3.65. The molecule has 6 nitrogen and oxygen atoms in total. The van der Waals surface area contributed by atoms with E-state index in [-0.39, 0.29) is 11.2 Å². The molecule has 0 saturated carbocycles. The molecule has 23 heavy (non-hydrogen) atoms. The average molecular weight is 321 g/mol. The van der Waals surface area contributed by atoms with E-state index in [4.69, 9.17) is 10.0 Å². The van der Waals surface area contributed by atoms with Gasteiger partial charge >= 0.3 is 7.12 Å². The second-order valence-corrected chi connectivity index (χ2v) is 6.40. The van der Waals surface area contributed by atoms with Gasteiger partial charge in [0.1, 0.15) is 11.4 Å². The van der Waals surface area contributed by atoms with Crippen molar-refractivity contribution in [2.24, 2.45) is 0 Å². The summed E-state index contributed by atoms with van der Waals surface area (Å²) in [5.74, 6) is -0.220. The minimum absolute atomic E-state index is 0.0752. The van der Waals surface area contributed by atoms with Crippen LogP contribution in [0, 0.1) is 0 Å². The molecule has 0 spiro atoms. The SMILES string of the molecule is CC(C)N(C(C)C)C(C)C.OB(O)c1c(O)cnc2[nH]ccc12. The lowest BCUT2D eigenvalue weighted by Crippen LogP contribution is -2.42. The minimum atomic E-state index is -1.69. The highest BCUT2D eigenvalue weighted by Gasteiger charge is 2.20. The third-order valence-electron chi connectivity index (χ3n) is 3.65. The maximum absolute atomic E-state index is 9.30. The van der Waals surface area contributed by atoms with Crippen molar-refractivity contribution in [2.75, 3.05) is 0 Å². The fourth-order valence-corrected chi connectivity index (χ4v) is 3.08. The van der Waals surface area contributed by atoms with Crippen LogP contribution in [0.2, 0.25) is 0 Å². The van der Waals surface area contributed by atoms with Crippen LogP contribution in [0.1, 0.15) is 41.5 Å². The second-order valence-electron chi connectivity index (χ2n) is 6.40. The lowest BCUT2D eigenvalue weighted by atomic mass is 9.78. The Morgan fingerprint density at radius 3 is 1.96 bits per heavy atom. The molecule has 0 aliphatic heterocycles. The Hall–Kier alpha value is -1.57. The van der Waals surface area contributed by atoms with E-state index < -0.39 is 7.12 Å². The van der Waals surface area contributed by atoms with Crippen molar-refractivity contribution < 1.29 is 15.2 Å². The Kier molecular flexibility index (Phi) is 7.06.